The Morgan fingerprint density at radius 2 is 2.21 bits per heavy atom. The van der Waals surface area contributed by atoms with Crippen LogP contribution in [0.25, 0.3) is 11.5 Å². The van der Waals surface area contributed by atoms with Crippen LogP contribution in [0.1, 0.15) is 41.0 Å². The number of hydrogen-bond acceptors (Lipinski definition) is 6. The molecule has 3 aromatic rings. The van der Waals surface area contributed by atoms with E-state index in [1.54, 1.807) is 18.2 Å². The fourth-order valence-electron chi connectivity index (χ4n) is 2.22. The van der Waals surface area contributed by atoms with Crippen LogP contribution in [0.4, 0.5) is 0 Å². The molecule has 0 unspecified atom stereocenters. The summed E-state index contributed by atoms with van der Waals surface area (Å²) >= 11 is 5.94. The molecule has 1 aromatic carbocycles. The van der Waals surface area contributed by atoms with Crippen molar-refractivity contribution in [2.24, 2.45) is 0 Å². The summed E-state index contributed by atoms with van der Waals surface area (Å²) in [6.45, 7) is 0.133. The molecule has 0 saturated heterocycles. The lowest BCUT2D eigenvalue weighted by atomic mass is 10.2. The summed E-state index contributed by atoms with van der Waals surface area (Å²) in [5.41, 5.74) is 0.980. The Labute approximate surface area is 142 Å². The molecule has 24 heavy (non-hydrogen) atoms. The third-order valence-corrected chi connectivity index (χ3v) is 3.86. The number of benzene rings is 1. The molecular weight excluding hydrogens is 332 g/mol. The van der Waals surface area contributed by atoms with Gasteiger partial charge in [0.05, 0.1) is 6.54 Å². The minimum Gasteiger partial charge on any atom is -0.448 e. The van der Waals surface area contributed by atoms with E-state index in [-0.39, 0.29) is 18.1 Å². The average molecular weight is 345 g/mol. The second-order valence-electron chi connectivity index (χ2n) is 5.55. The van der Waals surface area contributed by atoms with Crippen molar-refractivity contribution in [1.29, 1.82) is 0 Å². The molecule has 1 saturated carbocycles. The molecule has 0 radical (unpaired) electrons. The lowest BCUT2D eigenvalue weighted by molar-refractivity contribution is 0.0944. The van der Waals surface area contributed by atoms with E-state index < -0.39 is 0 Å². The first-order valence-corrected chi connectivity index (χ1v) is 7.89. The Morgan fingerprint density at radius 3 is 3.00 bits per heavy atom. The Balaban J connectivity index is 1.39. The maximum absolute atomic E-state index is 12.1. The summed E-state index contributed by atoms with van der Waals surface area (Å²) in [7, 11) is 0. The molecule has 1 aliphatic carbocycles. The molecule has 1 amide bonds. The molecule has 8 heteroatoms. The third kappa shape index (κ3) is 3.16. The van der Waals surface area contributed by atoms with Gasteiger partial charge in [0.25, 0.3) is 11.8 Å². The second-order valence-corrected chi connectivity index (χ2v) is 5.99. The summed E-state index contributed by atoms with van der Waals surface area (Å²) in [5, 5.41) is 7.12. The first-order valence-electron chi connectivity index (χ1n) is 7.51. The molecule has 7 nitrogen and oxygen atoms in total. The normalized spacial score (nSPS) is 13.9. The fraction of sp³-hybridized carbons (Fsp3) is 0.250. The number of oxazole rings is 1. The molecule has 0 bridgehead atoms. The highest BCUT2D eigenvalue weighted by Crippen LogP contribution is 2.39. The molecule has 1 aliphatic rings. The van der Waals surface area contributed by atoms with Gasteiger partial charge in [-0.2, -0.15) is 4.98 Å². The van der Waals surface area contributed by atoms with Gasteiger partial charge in [0, 0.05) is 16.5 Å². The van der Waals surface area contributed by atoms with Gasteiger partial charge in [-0.05, 0) is 31.0 Å². The number of nitrogens with zero attached hydrogens (tertiary/aromatic N) is 3. The standard InChI is InChI=1S/C16H13ClN4O3/c17-11-3-1-2-10(6-11)16-20-13(21-24-16)7-18-14(22)12-8-23-15(19-12)9-4-5-9/h1-3,6,8-9H,4-5,7H2,(H,18,22). The predicted octanol–water partition coefficient (Wildman–Crippen LogP) is 3.19. The number of aromatic nitrogens is 3. The van der Waals surface area contributed by atoms with Crippen molar-refractivity contribution in [1.82, 2.24) is 20.4 Å². The number of nitrogens with one attached hydrogen (secondary N) is 1. The van der Waals surface area contributed by atoms with Crippen LogP contribution in [-0.2, 0) is 6.54 Å². The van der Waals surface area contributed by atoms with Gasteiger partial charge in [0.2, 0.25) is 0 Å². The molecule has 0 spiro atoms. The number of halogens is 1. The van der Waals surface area contributed by atoms with Crippen LogP contribution in [0.15, 0.2) is 39.5 Å². The molecular formula is C16H13ClN4O3. The molecule has 1 N–H and O–H groups in total. The van der Waals surface area contributed by atoms with Crippen molar-refractivity contribution in [3.05, 3.63) is 53.0 Å². The summed E-state index contributed by atoms with van der Waals surface area (Å²) < 4.78 is 10.5. The maximum atomic E-state index is 12.1. The van der Waals surface area contributed by atoms with Gasteiger partial charge in [0.15, 0.2) is 17.4 Å². The van der Waals surface area contributed by atoms with Crippen LogP contribution in [0.2, 0.25) is 5.02 Å². The van der Waals surface area contributed by atoms with Gasteiger partial charge in [-0.3, -0.25) is 4.79 Å². The second kappa shape index (κ2) is 6.09. The van der Waals surface area contributed by atoms with E-state index in [1.807, 2.05) is 6.07 Å². The number of carbonyl (C=O) groups is 1. The number of carbonyl (C=O) groups excluding carboxylic acids is 1. The molecule has 2 heterocycles. The minimum atomic E-state index is -0.334. The van der Waals surface area contributed by atoms with Crippen LogP contribution in [-0.4, -0.2) is 21.0 Å². The van der Waals surface area contributed by atoms with Gasteiger partial charge >= 0.3 is 0 Å². The molecule has 0 atom stereocenters. The van der Waals surface area contributed by atoms with Gasteiger partial charge in [-0.15, -0.1) is 0 Å². The minimum absolute atomic E-state index is 0.133. The van der Waals surface area contributed by atoms with Crippen molar-refractivity contribution in [3.63, 3.8) is 0 Å². The number of amides is 1. The Hall–Kier alpha value is -2.67. The maximum Gasteiger partial charge on any atom is 0.273 e. The van der Waals surface area contributed by atoms with Crippen molar-refractivity contribution in [2.45, 2.75) is 25.3 Å². The fourth-order valence-corrected chi connectivity index (χ4v) is 2.41. The van der Waals surface area contributed by atoms with Crippen molar-refractivity contribution in [2.75, 3.05) is 0 Å². The molecule has 0 aliphatic heterocycles. The van der Waals surface area contributed by atoms with E-state index >= 15 is 0 Å². The summed E-state index contributed by atoms with van der Waals surface area (Å²) in [6, 6.07) is 7.10. The highest BCUT2D eigenvalue weighted by atomic mass is 35.5. The highest BCUT2D eigenvalue weighted by molar-refractivity contribution is 6.30. The zero-order chi connectivity index (χ0) is 16.5. The lowest BCUT2D eigenvalue weighted by Gasteiger charge is -1.97. The first-order chi connectivity index (χ1) is 11.7. The van der Waals surface area contributed by atoms with Crippen LogP contribution in [0.5, 0.6) is 0 Å². The van der Waals surface area contributed by atoms with Crippen LogP contribution in [0, 0.1) is 0 Å². The Bertz CT molecular complexity index is 885. The van der Waals surface area contributed by atoms with Crippen molar-refractivity contribution in [3.8, 4) is 11.5 Å². The van der Waals surface area contributed by atoms with Crippen molar-refractivity contribution >= 4 is 17.5 Å². The van der Waals surface area contributed by atoms with Crippen molar-refractivity contribution < 1.29 is 13.7 Å². The zero-order valence-electron chi connectivity index (χ0n) is 12.5. The topological polar surface area (TPSA) is 94.1 Å². The van der Waals surface area contributed by atoms with E-state index in [0.717, 1.165) is 18.4 Å². The molecule has 4 rings (SSSR count). The smallest absolute Gasteiger partial charge is 0.273 e. The Kier molecular flexibility index (Phi) is 3.78. The zero-order valence-corrected chi connectivity index (χ0v) is 13.3. The molecule has 1 fully saturated rings. The third-order valence-electron chi connectivity index (χ3n) is 3.63. The average Bonchev–Trinajstić information content (AvgIpc) is 3.13. The molecule has 122 valence electrons. The van der Waals surface area contributed by atoms with E-state index in [4.69, 9.17) is 20.5 Å². The van der Waals surface area contributed by atoms with Gasteiger partial charge < -0.3 is 14.3 Å². The van der Waals surface area contributed by atoms with Crippen LogP contribution < -0.4 is 5.32 Å². The Morgan fingerprint density at radius 1 is 1.33 bits per heavy atom. The summed E-state index contributed by atoms with van der Waals surface area (Å²) in [4.78, 5) is 20.5. The van der Waals surface area contributed by atoms with Gasteiger partial charge in [-0.1, -0.05) is 22.8 Å². The van der Waals surface area contributed by atoms with Crippen LogP contribution >= 0.6 is 11.6 Å². The quantitative estimate of drug-likeness (QED) is 0.763. The lowest BCUT2D eigenvalue weighted by Crippen LogP contribution is -2.23. The molecule has 2 aromatic heterocycles. The first kappa shape index (κ1) is 14.9. The van der Waals surface area contributed by atoms with E-state index in [0.29, 0.717) is 28.5 Å². The van der Waals surface area contributed by atoms with E-state index in [1.165, 1.54) is 6.26 Å². The van der Waals surface area contributed by atoms with Crippen LogP contribution in [0.3, 0.4) is 0 Å². The number of hydrogen-bond donors (Lipinski definition) is 1. The predicted molar refractivity (Wildman–Crippen MR) is 84.4 cm³/mol. The monoisotopic (exact) mass is 344 g/mol. The summed E-state index contributed by atoms with van der Waals surface area (Å²) in [5.74, 6) is 1.37. The van der Waals surface area contributed by atoms with Gasteiger partial charge in [-0.25, -0.2) is 4.98 Å². The summed E-state index contributed by atoms with van der Waals surface area (Å²) in [6.07, 6.45) is 3.50. The van der Waals surface area contributed by atoms with E-state index in [9.17, 15) is 4.79 Å². The largest absolute Gasteiger partial charge is 0.448 e. The van der Waals surface area contributed by atoms with Gasteiger partial charge in [0.1, 0.15) is 6.26 Å². The highest BCUT2D eigenvalue weighted by Gasteiger charge is 2.29. The van der Waals surface area contributed by atoms with E-state index in [2.05, 4.69) is 20.4 Å². The SMILES string of the molecule is O=C(NCc1noc(-c2cccc(Cl)c2)n1)c1coc(C2CC2)n1. The number of rotatable bonds is 5.